The van der Waals surface area contributed by atoms with Crippen molar-refractivity contribution in [2.45, 2.75) is 30.7 Å². The second kappa shape index (κ2) is 6.93. The summed E-state index contributed by atoms with van der Waals surface area (Å²) in [6.45, 7) is 2.71. The van der Waals surface area contributed by atoms with Crippen molar-refractivity contribution in [3.63, 3.8) is 0 Å². The molecule has 1 saturated heterocycles. The van der Waals surface area contributed by atoms with E-state index in [4.69, 9.17) is 22.1 Å². The number of nitrogens with two attached hydrogens (primary N) is 1. The number of ether oxygens (including phenoxy) is 1. The third kappa shape index (κ3) is 2.97. The van der Waals surface area contributed by atoms with Gasteiger partial charge in [0.05, 0.1) is 6.61 Å². The summed E-state index contributed by atoms with van der Waals surface area (Å²) >= 11 is 5.82. The summed E-state index contributed by atoms with van der Waals surface area (Å²) < 4.78 is 5.94. The van der Waals surface area contributed by atoms with E-state index in [1.807, 2.05) is 41.3 Å². The summed E-state index contributed by atoms with van der Waals surface area (Å²) in [7, 11) is 0. The molecule has 1 spiro atoms. The van der Waals surface area contributed by atoms with Crippen molar-refractivity contribution in [2.75, 3.05) is 19.7 Å². The van der Waals surface area contributed by atoms with Gasteiger partial charge < -0.3 is 15.4 Å². The number of carbonyl (C=O) groups is 1. The number of hydrogen-bond acceptors (Lipinski definition) is 3. The Morgan fingerprint density at radius 1 is 1.12 bits per heavy atom. The van der Waals surface area contributed by atoms with Crippen molar-refractivity contribution in [3.8, 4) is 5.75 Å². The normalized spacial score (nSPS) is 17.8. The Balaban J connectivity index is 1.49. The number of likely N-dealkylation sites (tertiary alicyclic amines) is 1. The van der Waals surface area contributed by atoms with Gasteiger partial charge in [-0.2, -0.15) is 0 Å². The van der Waals surface area contributed by atoms with Gasteiger partial charge in [-0.3, -0.25) is 4.79 Å². The summed E-state index contributed by atoms with van der Waals surface area (Å²) in [6.07, 6.45) is 1.83. The van der Waals surface area contributed by atoms with E-state index >= 15 is 0 Å². The summed E-state index contributed by atoms with van der Waals surface area (Å²) in [5, 5.41) is 0. The number of amides is 1. The first-order valence-electron chi connectivity index (χ1n) is 9.06. The Labute approximate surface area is 158 Å². The SMILES string of the molecule is NCc1ccc2c(c1)C1(CCN(C(=O)c3ccc(CCl)cc3)CC1)CO2. The topological polar surface area (TPSA) is 55.6 Å². The minimum Gasteiger partial charge on any atom is -0.492 e. The van der Waals surface area contributed by atoms with Crippen LogP contribution >= 0.6 is 11.6 Å². The van der Waals surface area contributed by atoms with Gasteiger partial charge in [-0.25, -0.2) is 0 Å². The van der Waals surface area contributed by atoms with Crippen LogP contribution in [0.15, 0.2) is 42.5 Å². The van der Waals surface area contributed by atoms with Gasteiger partial charge in [0.25, 0.3) is 5.91 Å². The molecule has 2 aromatic rings. The van der Waals surface area contributed by atoms with Gasteiger partial charge in [0.1, 0.15) is 5.75 Å². The molecule has 0 atom stereocenters. The molecule has 4 rings (SSSR count). The molecular formula is C21H23ClN2O2. The van der Waals surface area contributed by atoms with E-state index in [0.717, 1.165) is 48.4 Å². The lowest BCUT2D eigenvalue weighted by Gasteiger charge is -2.38. The van der Waals surface area contributed by atoms with Crippen LogP contribution in [0.1, 0.15) is 39.9 Å². The average molecular weight is 371 g/mol. The highest BCUT2D eigenvalue weighted by atomic mass is 35.5. The van der Waals surface area contributed by atoms with Gasteiger partial charge in [-0.1, -0.05) is 24.3 Å². The monoisotopic (exact) mass is 370 g/mol. The maximum Gasteiger partial charge on any atom is 0.253 e. The molecule has 1 fully saturated rings. The highest BCUT2D eigenvalue weighted by Crippen LogP contribution is 2.45. The summed E-state index contributed by atoms with van der Waals surface area (Å²) in [5.74, 6) is 1.53. The van der Waals surface area contributed by atoms with Gasteiger partial charge in [0, 0.05) is 42.1 Å². The number of fused-ring (bicyclic) bond motifs is 2. The molecule has 2 aliphatic rings. The Morgan fingerprint density at radius 2 is 1.81 bits per heavy atom. The largest absolute Gasteiger partial charge is 0.492 e. The minimum absolute atomic E-state index is 0.0137. The molecule has 136 valence electrons. The predicted octanol–water partition coefficient (Wildman–Crippen LogP) is 3.45. The lowest BCUT2D eigenvalue weighted by Crippen LogP contribution is -2.46. The molecule has 1 amide bonds. The van der Waals surface area contributed by atoms with Crippen molar-refractivity contribution in [1.29, 1.82) is 0 Å². The Hall–Kier alpha value is -2.04. The van der Waals surface area contributed by atoms with Crippen LogP contribution in [0.25, 0.3) is 0 Å². The zero-order valence-corrected chi connectivity index (χ0v) is 15.5. The quantitative estimate of drug-likeness (QED) is 0.842. The number of halogens is 1. The van der Waals surface area contributed by atoms with Gasteiger partial charge in [0.15, 0.2) is 0 Å². The van der Waals surface area contributed by atoms with Crippen LogP contribution in [-0.2, 0) is 17.8 Å². The molecule has 26 heavy (non-hydrogen) atoms. The Morgan fingerprint density at radius 3 is 2.46 bits per heavy atom. The van der Waals surface area contributed by atoms with Crippen molar-refractivity contribution >= 4 is 17.5 Å². The van der Waals surface area contributed by atoms with E-state index < -0.39 is 0 Å². The van der Waals surface area contributed by atoms with E-state index in [1.165, 1.54) is 5.56 Å². The van der Waals surface area contributed by atoms with E-state index in [9.17, 15) is 4.79 Å². The molecule has 4 nitrogen and oxygen atoms in total. The standard InChI is InChI=1S/C21H23ClN2O2/c22-12-15-1-4-17(5-2-15)20(25)24-9-7-21(8-10-24)14-26-19-6-3-16(13-23)11-18(19)21/h1-6,11H,7-10,12-14,23H2. The average Bonchev–Trinajstić information content (AvgIpc) is 3.05. The molecule has 0 aliphatic carbocycles. The second-order valence-corrected chi connectivity index (χ2v) is 7.49. The third-order valence-corrected chi connectivity index (χ3v) is 6.03. The summed E-state index contributed by atoms with van der Waals surface area (Å²) in [4.78, 5) is 14.7. The molecule has 0 radical (unpaired) electrons. The fourth-order valence-corrected chi connectivity index (χ4v) is 4.19. The fraction of sp³-hybridized carbons (Fsp3) is 0.381. The van der Waals surface area contributed by atoms with E-state index in [0.29, 0.717) is 19.0 Å². The highest BCUT2D eigenvalue weighted by Gasteiger charge is 2.43. The number of nitrogens with zero attached hydrogens (tertiary/aromatic N) is 1. The van der Waals surface area contributed by atoms with Crippen molar-refractivity contribution < 1.29 is 9.53 Å². The molecule has 0 saturated carbocycles. The third-order valence-electron chi connectivity index (χ3n) is 5.72. The first-order chi connectivity index (χ1) is 12.6. The Bertz CT molecular complexity index is 811. The smallest absolute Gasteiger partial charge is 0.253 e. The van der Waals surface area contributed by atoms with Crippen LogP contribution in [-0.4, -0.2) is 30.5 Å². The van der Waals surface area contributed by atoms with Crippen molar-refractivity contribution in [3.05, 3.63) is 64.7 Å². The van der Waals surface area contributed by atoms with Crippen LogP contribution < -0.4 is 10.5 Å². The molecule has 0 bridgehead atoms. The molecule has 5 heteroatoms. The molecular weight excluding hydrogens is 348 g/mol. The predicted molar refractivity (Wildman–Crippen MR) is 103 cm³/mol. The van der Waals surface area contributed by atoms with Crippen LogP contribution in [0.3, 0.4) is 0 Å². The van der Waals surface area contributed by atoms with Gasteiger partial charge >= 0.3 is 0 Å². The van der Waals surface area contributed by atoms with E-state index in [1.54, 1.807) is 0 Å². The molecule has 0 aromatic heterocycles. The van der Waals surface area contributed by atoms with Gasteiger partial charge in [-0.05, 0) is 42.2 Å². The van der Waals surface area contributed by atoms with Crippen molar-refractivity contribution in [2.24, 2.45) is 5.73 Å². The molecule has 0 unspecified atom stereocenters. The first-order valence-corrected chi connectivity index (χ1v) is 9.59. The summed E-state index contributed by atoms with van der Waals surface area (Å²) in [5.41, 5.74) is 9.96. The number of rotatable bonds is 3. The van der Waals surface area contributed by atoms with E-state index in [-0.39, 0.29) is 11.3 Å². The number of piperidine rings is 1. The fourth-order valence-electron chi connectivity index (χ4n) is 4.01. The van der Waals surface area contributed by atoms with E-state index in [2.05, 4.69) is 6.07 Å². The highest BCUT2D eigenvalue weighted by molar-refractivity contribution is 6.17. The molecule has 2 heterocycles. The van der Waals surface area contributed by atoms with Crippen LogP contribution in [0.2, 0.25) is 0 Å². The maximum atomic E-state index is 12.8. The van der Waals surface area contributed by atoms with Crippen LogP contribution in [0, 0.1) is 0 Å². The van der Waals surface area contributed by atoms with Gasteiger partial charge in [-0.15, -0.1) is 11.6 Å². The summed E-state index contributed by atoms with van der Waals surface area (Å²) in [6, 6.07) is 13.8. The Kier molecular flexibility index (Phi) is 4.63. The number of alkyl halides is 1. The van der Waals surface area contributed by atoms with Crippen LogP contribution in [0.5, 0.6) is 5.75 Å². The number of hydrogen-bond donors (Lipinski definition) is 1. The lowest BCUT2D eigenvalue weighted by atomic mass is 9.74. The zero-order valence-electron chi connectivity index (χ0n) is 14.7. The minimum atomic E-state index is 0.0137. The second-order valence-electron chi connectivity index (χ2n) is 7.23. The number of benzene rings is 2. The molecule has 2 aromatic carbocycles. The lowest BCUT2D eigenvalue weighted by molar-refractivity contribution is 0.0646. The molecule has 2 aliphatic heterocycles. The zero-order chi connectivity index (χ0) is 18.1. The first kappa shape index (κ1) is 17.4. The van der Waals surface area contributed by atoms with Crippen LogP contribution in [0.4, 0.5) is 0 Å². The maximum absolute atomic E-state index is 12.8. The molecule has 2 N–H and O–H groups in total. The van der Waals surface area contributed by atoms with Crippen molar-refractivity contribution in [1.82, 2.24) is 4.90 Å². The number of carbonyl (C=O) groups excluding carboxylic acids is 1. The van der Waals surface area contributed by atoms with Gasteiger partial charge in [0.2, 0.25) is 0 Å².